The number of piperazine rings is 1. The molecule has 1 aromatic rings. The third-order valence-corrected chi connectivity index (χ3v) is 7.81. The van der Waals surface area contributed by atoms with Crippen molar-refractivity contribution >= 4 is 11.6 Å². The number of hydrogen-bond acceptors (Lipinski definition) is 3. The number of rotatable bonds is 4. The monoisotopic (exact) mass is 445 g/mol. The number of benzene rings is 1. The van der Waals surface area contributed by atoms with Crippen LogP contribution in [0, 0.1) is 11.8 Å². The maximum absolute atomic E-state index is 12.8. The molecule has 3 unspecified atom stereocenters. The van der Waals surface area contributed by atoms with Gasteiger partial charge in [0.1, 0.15) is 0 Å². The Balaban J connectivity index is 1.15. The Morgan fingerprint density at radius 3 is 2.41 bits per heavy atom. The fourth-order valence-corrected chi connectivity index (χ4v) is 5.71. The summed E-state index contributed by atoms with van der Waals surface area (Å²) in [7, 11) is 0. The average Bonchev–Trinajstić information content (AvgIpc) is 3.39. The van der Waals surface area contributed by atoms with Crippen LogP contribution in [0.5, 0.6) is 0 Å². The van der Waals surface area contributed by atoms with E-state index in [4.69, 9.17) is 0 Å². The molecule has 2 aliphatic carbocycles. The van der Waals surface area contributed by atoms with Gasteiger partial charge in [-0.25, -0.2) is 0 Å². The predicted octanol–water partition coefficient (Wildman–Crippen LogP) is 3.99. The Morgan fingerprint density at radius 1 is 1.12 bits per heavy atom. The van der Waals surface area contributed by atoms with Crippen LogP contribution in [0.15, 0.2) is 48.1 Å². The second-order valence-electron chi connectivity index (χ2n) is 9.60. The zero-order valence-corrected chi connectivity index (χ0v) is 18.4. The summed E-state index contributed by atoms with van der Waals surface area (Å²) in [5.74, 6) is 0.236. The van der Waals surface area contributed by atoms with E-state index in [1.807, 2.05) is 0 Å². The molecule has 0 N–H and O–H groups in total. The first-order chi connectivity index (χ1) is 15.3. The number of piperidine rings is 1. The molecule has 3 fully saturated rings. The normalized spacial score (nSPS) is 30.3. The van der Waals surface area contributed by atoms with Gasteiger partial charge in [0.25, 0.3) is 0 Å². The lowest BCUT2D eigenvalue weighted by molar-refractivity contribution is -0.134. The van der Waals surface area contributed by atoms with Gasteiger partial charge in [-0.1, -0.05) is 37.3 Å². The van der Waals surface area contributed by atoms with Gasteiger partial charge < -0.3 is 14.7 Å². The highest BCUT2D eigenvalue weighted by Crippen LogP contribution is 2.59. The fourth-order valence-electron chi connectivity index (χ4n) is 5.71. The zero-order chi connectivity index (χ0) is 22.5. The molecule has 0 radical (unpaired) electrons. The lowest BCUT2D eigenvalue weighted by Crippen LogP contribution is -2.50. The van der Waals surface area contributed by atoms with Gasteiger partial charge in [-0.3, -0.25) is 4.79 Å². The van der Waals surface area contributed by atoms with Gasteiger partial charge in [-0.15, -0.1) is 0 Å². The van der Waals surface area contributed by atoms with E-state index >= 15 is 0 Å². The van der Waals surface area contributed by atoms with Crippen molar-refractivity contribution < 1.29 is 18.0 Å². The number of allylic oxidation sites excluding steroid dienone is 3. The van der Waals surface area contributed by atoms with Crippen molar-refractivity contribution in [2.75, 3.05) is 50.7 Å². The Kier molecular flexibility index (Phi) is 5.35. The van der Waals surface area contributed by atoms with Crippen molar-refractivity contribution in [1.29, 1.82) is 0 Å². The molecule has 4 nitrogen and oxygen atoms in total. The van der Waals surface area contributed by atoms with Crippen LogP contribution in [0.4, 0.5) is 18.9 Å². The maximum atomic E-state index is 12.8. The molecular weight excluding hydrogens is 415 g/mol. The van der Waals surface area contributed by atoms with Gasteiger partial charge in [0.2, 0.25) is 5.91 Å². The van der Waals surface area contributed by atoms with E-state index in [0.29, 0.717) is 18.5 Å². The topological polar surface area (TPSA) is 26.8 Å². The number of carbonyl (C=O) groups excluding carboxylic acids is 1. The number of fused-ring (bicyclic) bond motifs is 1. The van der Waals surface area contributed by atoms with Crippen LogP contribution in [0.25, 0.3) is 0 Å². The number of likely N-dealkylation sites (tertiary alicyclic amines) is 1. The lowest BCUT2D eigenvalue weighted by Gasteiger charge is -2.37. The van der Waals surface area contributed by atoms with Gasteiger partial charge in [0.05, 0.1) is 11.5 Å². The lowest BCUT2D eigenvalue weighted by atomic mass is 9.94. The number of anilines is 1. The van der Waals surface area contributed by atoms with Crippen LogP contribution in [-0.2, 0) is 10.2 Å². The zero-order valence-electron chi connectivity index (χ0n) is 18.4. The molecule has 5 rings (SSSR count). The molecule has 1 saturated carbocycles. The summed E-state index contributed by atoms with van der Waals surface area (Å²) in [6.07, 6.45) is 0.650. The molecule has 1 aromatic carbocycles. The Bertz CT molecular complexity index is 931. The van der Waals surface area contributed by atoms with Crippen LogP contribution in [0.2, 0.25) is 0 Å². The van der Waals surface area contributed by atoms with Gasteiger partial charge in [0.15, 0.2) is 0 Å². The molecule has 32 heavy (non-hydrogen) atoms. The number of halogens is 3. The largest absolute Gasteiger partial charge is 0.416 e. The van der Waals surface area contributed by atoms with Crippen LogP contribution in [0.3, 0.4) is 0 Å². The van der Waals surface area contributed by atoms with Crippen molar-refractivity contribution in [3.05, 3.63) is 53.6 Å². The quantitative estimate of drug-likeness (QED) is 0.701. The molecule has 2 saturated heterocycles. The van der Waals surface area contributed by atoms with E-state index in [9.17, 15) is 18.0 Å². The minimum Gasteiger partial charge on any atom is -0.368 e. The first kappa shape index (κ1) is 21.6. The van der Waals surface area contributed by atoms with Gasteiger partial charge in [-0.2, -0.15) is 13.2 Å². The summed E-state index contributed by atoms with van der Waals surface area (Å²) in [5.41, 5.74) is 2.33. The maximum Gasteiger partial charge on any atom is 0.416 e. The summed E-state index contributed by atoms with van der Waals surface area (Å²) in [5, 5.41) is 0. The molecular formula is C25H30F3N3O. The van der Waals surface area contributed by atoms with Gasteiger partial charge >= 0.3 is 6.18 Å². The van der Waals surface area contributed by atoms with Gasteiger partial charge in [0, 0.05) is 50.4 Å². The summed E-state index contributed by atoms with van der Waals surface area (Å²) >= 11 is 0. The number of amides is 1. The van der Waals surface area contributed by atoms with Gasteiger partial charge in [-0.05, 0) is 43.0 Å². The summed E-state index contributed by atoms with van der Waals surface area (Å²) < 4.78 is 38.3. The second-order valence-corrected chi connectivity index (χ2v) is 9.60. The van der Waals surface area contributed by atoms with Crippen molar-refractivity contribution in [2.45, 2.75) is 31.4 Å². The van der Waals surface area contributed by atoms with Crippen LogP contribution in [-0.4, -0.2) is 67.7 Å². The standard InChI is InChI=1S/C25H30F3N3O/c1-2-29-16-21-15-24(21,17-29)19-7-9-22(10-8-19)30-11-13-31(14-12-30)23(32)18-3-5-20(6-4-18)25(26,27)28/h3,5-10,18,21H,2,4,11-17H2,1H3. The highest BCUT2D eigenvalue weighted by molar-refractivity contribution is 5.81. The van der Waals surface area contributed by atoms with E-state index in [1.165, 1.54) is 36.8 Å². The molecule has 4 aliphatic rings. The minimum atomic E-state index is -4.35. The van der Waals surface area contributed by atoms with Crippen molar-refractivity contribution in [3.8, 4) is 0 Å². The molecule has 2 heterocycles. The molecule has 7 heteroatoms. The smallest absolute Gasteiger partial charge is 0.368 e. The SMILES string of the molecule is CCN1CC2CC2(c2ccc(N3CCN(C(=O)C4C=CC(C(F)(F)F)=CC4)CC3)cc2)C1. The fraction of sp³-hybridized carbons (Fsp3) is 0.560. The molecule has 0 spiro atoms. The Labute approximate surface area is 187 Å². The average molecular weight is 446 g/mol. The highest BCUT2D eigenvalue weighted by atomic mass is 19.4. The first-order valence-corrected chi connectivity index (χ1v) is 11.6. The van der Waals surface area contributed by atoms with Crippen molar-refractivity contribution in [2.24, 2.45) is 11.8 Å². The van der Waals surface area contributed by atoms with E-state index < -0.39 is 17.7 Å². The Hall–Kier alpha value is -2.28. The number of carbonyl (C=O) groups is 1. The number of nitrogens with zero attached hydrogens (tertiary/aromatic N) is 3. The number of hydrogen-bond donors (Lipinski definition) is 0. The Morgan fingerprint density at radius 2 is 1.84 bits per heavy atom. The van der Waals surface area contributed by atoms with E-state index in [0.717, 1.165) is 37.7 Å². The summed E-state index contributed by atoms with van der Waals surface area (Å²) in [6.45, 7) is 8.41. The molecule has 172 valence electrons. The number of likely N-dealkylation sites (N-methyl/N-ethyl adjacent to an activating group) is 1. The third-order valence-electron chi connectivity index (χ3n) is 7.81. The predicted molar refractivity (Wildman–Crippen MR) is 119 cm³/mol. The van der Waals surface area contributed by atoms with E-state index in [1.54, 1.807) is 4.90 Å². The molecule has 0 aromatic heterocycles. The molecule has 1 amide bonds. The first-order valence-electron chi connectivity index (χ1n) is 11.6. The summed E-state index contributed by atoms with van der Waals surface area (Å²) in [6, 6.07) is 8.98. The van der Waals surface area contributed by atoms with Crippen LogP contribution >= 0.6 is 0 Å². The van der Waals surface area contributed by atoms with E-state index in [-0.39, 0.29) is 12.3 Å². The molecule has 2 aliphatic heterocycles. The minimum absolute atomic E-state index is 0.0747. The van der Waals surface area contributed by atoms with Crippen molar-refractivity contribution in [3.63, 3.8) is 0 Å². The molecule has 3 atom stereocenters. The highest BCUT2D eigenvalue weighted by Gasteiger charge is 2.60. The second kappa shape index (κ2) is 7.94. The summed E-state index contributed by atoms with van der Waals surface area (Å²) in [4.78, 5) is 19.4. The molecule has 0 bridgehead atoms. The van der Waals surface area contributed by atoms with E-state index in [2.05, 4.69) is 41.0 Å². The third kappa shape index (κ3) is 3.85. The van der Waals surface area contributed by atoms with Crippen LogP contribution < -0.4 is 4.90 Å². The number of alkyl halides is 3. The van der Waals surface area contributed by atoms with Crippen molar-refractivity contribution in [1.82, 2.24) is 9.80 Å². The van der Waals surface area contributed by atoms with Crippen LogP contribution in [0.1, 0.15) is 25.3 Å².